The Kier molecular flexibility index (Phi) is 7.71. The van der Waals surface area contributed by atoms with Gasteiger partial charge >= 0.3 is 0 Å². The van der Waals surface area contributed by atoms with E-state index in [0.29, 0.717) is 22.9 Å². The lowest BCUT2D eigenvalue weighted by Crippen LogP contribution is -2.34. The largest absolute Gasteiger partial charge is 0.493 e. The molecule has 0 aliphatic heterocycles. The van der Waals surface area contributed by atoms with Crippen LogP contribution in [0.15, 0.2) is 47.3 Å². The molecule has 0 aliphatic rings. The lowest BCUT2D eigenvalue weighted by atomic mass is 10.1. The van der Waals surface area contributed by atoms with Crippen molar-refractivity contribution in [3.8, 4) is 28.5 Å². The molecule has 0 aliphatic carbocycles. The van der Waals surface area contributed by atoms with Gasteiger partial charge in [-0.05, 0) is 67.8 Å². The van der Waals surface area contributed by atoms with Crippen molar-refractivity contribution in [1.29, 1.82) is 0 Å². The maximum Gasteiger partial charge on any atom is 0.266 e. The number of carbonyl (C=O) groups excluding carboxylic acids is 1. The molecule has 1 amide bonds. The fourth-order valence-electron chi connectivity index (χ4n) is 3.40. The average molecular weight is 452 g/mol. The molecule has 1 N–H and O–H groups in total. The fourth-order valence-corrected chi connectivity index (χ4v) is 3.40. The molecular weight excluding hydrogens is 422 g/mol. The maximum absolute atomic E-state index is 12.2. The van der Waals surface area contributed by atoms with Crippen molar-refractivity contribution in [3.63, 3.8) is 0 Å². The van der Waals surface area contributed by atoms with Gasteiger partial charge in [-0.2, -0.15) is 5.10 Å². The van der Waals surface area contributed by atoms with Gasteiger partial charge in [-0.25, -0.2) is 4.68 Å². The van der Waals surface area contributed by atoms with Crippen LogP contribution in [0, 0.1) is 20.8 Å². The van der Waals surface area contributed by atoms with Crippen molar-refractivity contribution >= 4 is 5.91 Å². The highest BCUT2D eigenvalue weighted by atomic mass is 16.5. The first-order valence-electron chi connectivity index (χ1n) is 10.6. The van der Waals surface area contributed by atoms with Gasteiger partial charge in [0.05, 0.1) is 26.5 Å². The SMILES string of the molecule is COc1ccc(-c2ccc(=O)n(CCNC(=O)COc3cc(C)cc(C)c3C)n2)cc1OC. The van der Waals surface area contributed by atoms with E-state index in [9.17, 15) is 9.59 Å². The molecule has 8 nitrogen and oxygen atoms in total. The van der Waals surface area contributed by atoms with Crippen LogP contribution in [0.3, 0.4) is 0 Å². The molecule has 174 valence electrons. The van der Waals surface area contributed by atoms with Crippen LogP contribution in [0.1, 0.15) is 16.7 Å². The Morgan fingerprint density at radius 3 is 2.45 bits per heavy atom. The van der Waals surface area contributed by atoms with Gasteiger partial charge in [0.1, 0.15) is 5.75 Å². The Hall–Kier alpha value is -3.81. The monoisotopic (exact) mass is 451 g/mol. The fraction of sp³-hybridized carbons (Fsp3) is 0.320. The second-order valence-electron chi connectivity index (χ2n) is 7.69. The van der Waals surface area contributed by atoms with Gasteiger partial charge in [-0.1, -0.05) is 6.07 Å². The summed E-state index contributed by atoms with van der Waals surface area (Å²) in [4.78, 5) is 24.5. The quantitative estimate of drug-likeness (QED) is 0.538. The van der Waals surface area contributed by atoms with Gasteiger partial charge in [-0.3, -0.25) is 9.59 Å². The number of hydrogen-bond donors (Lipinski definition) is 1. The Bertz CT molecular complexity index is 1200. The summed E-state index contributed by atoms with van der Waals surface area (Å²) in [5, 5.41) is 7.19. The van der Waals surface area contributed by atoms with E-state index >= 15 is 0 Å². The number of nitrogens with one attached hydrogen (secondary N) is 1. The minimum absolute atomic E-state index is 0.0995. The molecule has 3 rings (SSSR count). The van der Waals surface area contributed by atoms with Crippen LogP contribution in [0.2, 0.25) is 0 Å². The van der Waals surface area contributed by atoms with E-state index in [1.54, 1.807) is 32.4 Å². The third kappa shape index (κ3) is 5.91. The first kappa shape index (κ1) is 23.8. The molecule has 0 unspecified atom stereocenters. The van der Waals surface area contributed by atoms with Gasteiger partial charge in [0, 0.05) is 18.2 Å². The molecular formula is C25H29N3O5. The molecule has 0 spiro atoms. The molecule has 0 fully saturated rings. The molecule has 0 saturated carbocycles. The number of methoxy groups -OCH3 is 2. The Balaban J connectivity index is 1.61. The topological polar surface area (TPSA) is 91.7 Å². The summed E-state index contributed by atoms with van der Waals surface area (Å²) in [5.74, 6) is 1.61. The first-order chi connectivity index (χ1) is 15.8. The van der Waals surface area contributed by atoms with Crippen molar-refractivity contribution in [2.75, 3.05) is 27.4 Å². The van der Waals surface area contributed by atoms with Crippen molar-refractivity contribution in [1.82, 2.24) is 15.1 Å². The van der Waals surface area contributed by atoms with Gasteiger partial charge in [-0.15, -0.1) is 0 Å². The van der Waals surface area contributed by atoms with Crippen molar-refractivity contribution in [2.24, 2.45) is 0 Å². The zero-order chi connectivity index (χ0) is 24.0. The summed E-state index contributed by atoms with van der Waals surface area (Å²) in [6.07, 6.45) is 0. The normalized spacial score (nSPS) is 10.6. The van der Waals surface area contributed by atoms with E-state index in [1.165, 1.54) is 10.7 Å². The lowest BCUT2D eigenvalue weighted by molar-refractivity contribution is -0.123. The van der Waals surface area contributed by atoms with E-state index in [-0.39, 0.29) is 31.2 Å². The molecule has 33 heavy (non-hydrogen) atoms. The Morgan fingerprint density at radius 2 is 1.73 bits per heavy atom. The highest BCUT2D eigenvalue weighted by Gasteiger charge is 2.10. The van der Waals surface area contributed by atoms with Crippen LogP contribution in [-0.4, -0.2) is 43.1 Å². The molecule has 1 heterocycles. The van der Waals surface area contributed by atoms with Crippen LogP contribution >= 0.6 is 0 Å². The third-order valence-corrected chi connectivity index (χ3v) is 5.31. The molecule has 0 saturated heterocycles. The van der Waals surface area contributed by atoms with Gasteiger partial charge in [0.25, 0.3) is 11.5 Å². The van der Waals surface area contributed by atoms with Crippen molar-refractivity contribution in [3.05, 3.63) is 69.5 Å². The molecule has 3 aromatic rings. The first-order valence-corrected chi connectivity index (χ1v) is 10.6. The van der Waals surface area contributed by atoms with Crippen LogP contribution in [0.4, 0.5) is 0 Å². The van der Waals surface area contributed by atoms with E-state index in [2.05, 4.69) is 16.5 Å². The molecule has 2 aromatic carbocycles. The predicted molar refractivity (Wildman–Crippen MR) is 126 cm³/mol. The molecule has 0 bridgehead atoms. The number of ether oxygens (including phenoxy) is 3. The standard InChI is InChI=1S/C25H29N3O5/c1-16-12-17(2)18(3)22(13-16)33-15-24(29)26-10-11-28-25(30)9-7-20(27-28)19-6-8-21(31-4)23(14-19)32-5/h6-9,12-14H,10-11,15H2,1-5H3,(H,26,29). The Labute approximate surface area is 193 Å². The number of carbonyl (C=O) groups is 1. The minimum Gasteiger partial charge on any atom is -0.493 e. The van der Waals surface area contributed by atoms with Crippen LogP contribution in [-0.2, 0) is 11.3 Å². The lowest BCUT2D eigenvalue weighted by Gasteiger charge is -2.13. The minimum atomic E-state index is -0.266. The second kappa shape index (κ2) is 10.7. The maximum atomic E-state index is 12.2. The predicted octanol–water partition coefficient (Wildman–Crippen LogP) is 3.05. The molecule has 0 atom stereocenters. The van der Waals surface area contributed by atoms with Crippen molar-refractivity contribution < 1.29 is 19.0 Å². The van der Waals surface area contributed by atoms with Crippen LogP contribution < -0.4 is 25.1 Å². The zero-order valence-corrected chi connectivity index (χ0v) is 19.6. The Morgan fingerprint density at radius 1 is 0.970 bits per heavy atom. The number of hydrogen-bond acceptors (Lipinski definition) is 6. The van der Waals surface area contributed by atoms with Crippen molar-refractivity contribution in [2.45, 2.75) is 27.3 Å². The molecule has 0 radical (unpaired) electrons. The summed E-state index contributed by atoms with van der Waals surface area (Å²) in [7, 11) is 3.13. The van der Waals surface area contributed by atoms with Crippen LogP contribution in [0.25, 0.3) is 11.3 Å². The highest BCUT2D eigenvalue weighted by molar-refractivity contribution is 5.77. The number of nitrogens with zero attached hydrogens (tertiary/aromatic N) is 2. The number of amides is 1. The van der Waals surface area contributed by atoms with Crippen LogP contribution in [0.5, 0.6) is 17.2 Å². The van der Waals surface area contributed by atoms with E-state index in [4.69, 9.17) is 14.2 Å². The number of rotatable bonds is 9. The number of aromatic nitrogens is 2. The number of benzene rings is 2. The smallest absolute Gasteiger partial charge is 0.266 e. The second-order valence-corrected chi connectivity index (χ2v) is 7.69. The van der Waals surface area contributed by atoms with Gasteiger partial charge in [0.2, 0.25) is 0 Å². The zero-order valence-electron chi connectivity index (χ0n) is 19.6. The average Bonchev–Trinajstić information content (AvgIpc) is 2.81. The van der Waals surface area contributed by atoms with Gasteiger partial charge in [0.15, 0.2) is 18.1 Å². The molecule has 1 aromatic heterocycles. The summed E-state index contributed by atoms with van der Waals surface area (Å²) in [6.45, 7) is 6.34. The highest BCUT2D eigenvalue weighted by Crippen LogP contribution is 2.31. The third-order valence-electron chi connectivity index (χ3n) is 5.31. The summed E-state index contributed by atoms with van der Waals surface area (Å²) >= 11 is 0. The summed E-state index contributed by atoms with van der Waals surface area (Å²) < 4.78 is 17.6. The summed E-state index contributed by atoms with van der Waals surface area (Å²) in [6, 6.07) is 12.5. The number of aryl methyl sites for hydroxylation is 2. The molecule has 8 heteroatoms. The summed E-state index contributed by atoms with van der Waals surface area (Å²) in [5.41, 5.74) is 4.34. The van der Waals surface area contributed by atoms with Gasteiger partial charge < -0.3 is 19.5 Å². The van der Waals surface area contributed by atoms with E-state index in [0.717, 1.165) is 22.3 Å². The van der Waals surface area contributed by atoms with E-state index < -0.39 is 0 Å². The van der Waals surface area contributed by atoms with E-state index in [1.807, 2.05) is 32.9 Å².